The van der Waals surface area contributed by atoms with E-state index in [1.54, 1.807) is 11.9 Å². The molecule has 1 N–H and O–H groups in total. The lowest BCUT2D eigenvalue weighted by molar-refractivity contribution is -0.132. The summed E-state index contributed by atoms with van der Waals surface area (Å²) in [6.45, 7) is 1.47. The molecule has 0 radical (unpaired) electrons. The second kappa shape index (κ2) is 5.61. The normalized spacial score (nSPS) is 21.3. The number of likely N-dealkylation sites (N-methyl/N-ethyl adjacent to an activating group) is 1. The van der Waals surface area contributed by atoms with Gasteiger partial charge in [-0.3, -0.25) is 4.79 Å². The molecule has 1 atom stereocenters. The summed E-state index contributed by atoms with van der Waals surface area (Å²) in [4.78, 5) is 13.4. The van der Waals surface area contributed by atoms with E-state index in [1.807, 2.05) is 6.07 Å². The molecule has 4 heteroatoms. The Morgan fingerprint density at radius 2 is 2.43 bits per heavy atom. The van der Waals surface area contributed by atoms with E-state index in [2.05, 4.69) is 5.32 Å². The maximum Gasteiger partial charge on any atom is 0.239 e. The van der Waals surface area contributed by atoms with Gasteiger partial charge in [-0.05, 0) is 19.4 Å². The Hall–Kier alpha value is -1.08. The molecule has 1 aliphatic heterocycles. The average Bonchev–Trinajstić information content (AvgIpc) is 2.26. The molecule has 0 aromatic heterocycles. The zero-order chi connectivity index (χ0) is 10.4. The van der Waals surface area contributed by atoms with Gasteiger partial charge in [-0.1, -0.05) is 6.42 Å². The molecule has 0 aromatic rings. The molecule has 1 aliphatic rings. The summed E-state index contributed by atoms with van der Waals surface area (Å²) in [5, 5.41) is 11.6. The summed E-state index contributed by atoms with van der Waals surface area (Å²) in [6.07, 6.45) is 3.62. The first-order valence-electron chi connectivity index (χ1n) is 5.11. The van der Waals surface area contributed by atoms with Crippen LogP contribution in [-0.4, -0.2) is 37.0 Å². The molecule has 78 valence electrons. The van der Waals surface area contributed by atoms with Crippen molar-refractivity contribution in [3.63, 3.8) is 0 Å². The first-order valence-corrected chi connectivity index (χ1v) is 5.11. The molecule has 0 unspecified atom stereocenters. The molecule has 1 amide bonds. The number of piperidine rings is 1. The van der Waals surface area contributed by atoms with Crippen LogP contribution in [0.25, 0.3) is 0 Å². The van der Waals surface area contributed by atoms with Crippen LogP contribution in [0.5, 0.6) is 0 Å². The van der Waals surface area contributed by atoms with Crippen LogP contribution < -0.4 is 5.32 Å². The molecule has 4 nitrogen and oxygen atoms in total. The van der Waals surface area contributed by atoms with Crippen LogP contribution >= 0.6 is 0 Å². The third-order valence-electron chi connectivity index (χ3n) is 2.54. The minimum atomic E-state index is -0.0209. The van der Waals surface area contributed by atoms with E-state index in [-0.39, 0.29) is 11.9 Å². The van der Waals surface area contributed by atoms with Gasteiger partial charge in [0.1, 0.15) is 0 Å². The summed E-state index contributed by atoms with van der Waals surface area (Å²) >= 11 is 0. The van der Waals surface area contributed by atoms with Crippen molar-refractivity contribution < 1.29 is 4.79 Å². The van der Waals surface area contributed by atoms with Crippen molar-refractivity contribution in [1.29, 1.82) is 5.26 Å². The van der Waals surface area contributed by atoms with Gasteiger partial charge in [-0.25, -0.2) is 0 Å². The largest absolute Gasteiger partial charge is 0.343 e. The molecule has 1 rings (SSSR count). The first-order chi connectivity index (χ1) is 6.75. The molecule has 1 fully saturated rings. The molecule has 0 aromatic carbocycles. The number of nitrogens with zero attached hydrogens (tertiary/aromatic N) is 2. The standard InChI is InChI=1S/C10H17N3O/c1-13(8-4-6-11)10(14)9-5-2-3-7-12-9/h9,12H,2-5,7-8H2,1H3/t9-/m1/s1. The van der Waals surface area contributed by atoms with Gasteiger partial charge in [-0.2, -0.15) is 5.26 Å². The van der Waals surface area contributed by atoms with Gasteiger partial charge < -0.3 is 10.2 Å². The maximum absolute atomic E-state index is 11.8. The minimum Gasteiger partial charge on any atom is -0.343 e. The molecular formula is C10H17N3O. The fourth-order valence-electron chi connectivity index (χ4n) is 1.66. The predicted molar refractivity (Wildman–Crippen MR) is 53.5 cm³/mol. The van der Waals surface area contributed by atoms with E-state index in [1.165, 1.54) is 0 Å². The number of nitriles is 1. The Balaban J connectivity index is 2.35. The topological polar surface area (TPSA) is 56.1 Å². The number of carbonyl (C=O) groups is 1. The summed E-state index contributed by atoms with van der Waals surface area (Å²) in [7, 11) is 1.76. The quantitative estimate of drug-likeness (QED) is 0.713. The Labute approximate surface area is 84.9 Å². The summed E-state index contributed by atoms with van der Waals surface area (Å²) in [5.74, 6) is 0.125. The Morgan fingerprint density at radius 1 is 1.64 bits per heavy atom. The van der Waals surface area contributed by atoms with Gasteiger partial charge in [0.25, 0.3) is 0 Å². The van der Waals surface area contributed by atoms with E-state index < -0.39 is 0 Å². The number of hydrogen-bond acceptors (Lipinski definition) is 3. The number of hydrogen-bond donors (Lipinski definition) is 1. The Kier molecular flexibility index (Phi) is 4.41. The van der Waals surface area contributed by atoms with E-state index in [0.29, 0.717) is 13.0 Å². The molecule has 1 heterocycles. The van der Waals surface area contributed by atoms with E-state index in [9.17, 15) is 4.79 Å². The van der Waals surface area contributed by atoms with Crippen molar-refractivity contribution in [2.24, 2.45) is 0 Å². The lowest BCUT2D eigenvalue weighted by Crippen LogP contribution is -2.47. The third kappa shape index (κ3) is 3.00. The zero-order valence-electron chi connectivity index (χ0n) is 8.62. The first kappa shape index (κ1) is 11.0. The Morgan fingerprint density at radius 3 is 3.00 bits per heavy atom. The van der Waals surface area contributed by atoms with E-state index >= 15 is 0 Å². The number of rotatable bonds is 3. The van der Waals surface area contributed by atoms with Crippen LogP contribution in [0, 0.1) is 11.3 Å². The molecule has 14 heavy (non-hydrogen) atoms. The van der Waals surface area contributed by atoms with E-state index in [0.717, 1.165) is 25.8 Å². The maximum atomic E-state index is 11.8. The van der Waals surface area contributed by atoms with Crippen LogP contribution in [0.4, 0.5) is 0 Å². The van der Waals surface area contributed by atoms with Crippen molar-refractivity contribution in [1.82, 2.24) is 10.2 Å². The van der Waals surface area contributed by atoms with Gasteiger partial charge in [-0.15, -0.1) is 0 Å². The smallest absolute Gasteiger partial charge is 0.239 e. The molecule has 0 saturated carbocycles. The fourth-order valence-corrected chi connectivity index (χ4v) is 1.66. The van der Waals surface area contributed by atoms with Crippen molar-refractivity contribution >= 4 is 5.91 Å². The highest BCUT2D eigenvalue weighted by molar-refractivity contribution is 5.81. The fraction of sp³-hybridized carbons (Fsp3) is 0.800. The molecule has 0 aliphatic carbocycles. The SMILES string of the molecule is CN(CCC#N)C(=O)[C@H]1CCCCN1. The van der Waals surface area contributed by atoms with E-state index in [4.69, 9.17) is 5.26 Å². The highest BCUT2D eigenvalue weighted by Crippen LogP contribution is 2.09. The number of nitrogens with one attached hydrogen (secondary N) is 1. The third-order valence-corrected chi connectivity index (χ3v) is 2.54. The predicted octanol–water partition coefficient (Wildman–Crippen LogP) is 0.501. The van der Waals surface area contributed by atoms with Crippen LogP contribution in [0.2, 0.25) is 0 Å². The van der Waals surface area contributed by atoms with Crippen molar-refractivity contribution in [2.75, 3.05) is 20.1 Å². The molecular weight excluding hydrogens is 178 g/mol. The Bertz CT molecular complexity index is 228. The van der Waals surface area contributed by atoms with Crippen molar-refractivity contribution in [3.8, 4) is 6.07 Å². The second-order valence-corrected chi connectivity index (χ2v) is 3.67. The van der Waals surface area contributed by atoms with Crippen molar-refractivity contribution in [3.05, 3.63) is 0 Å². The zero-order valence-corrected chi connectivity index (χ0v) is 8.62. The molecule has 1 saturated heterocycles. The van der Waals surface area contributed by atoms with Crippen LogP contribution in [0.1, 0.15) is 25.7 Å². The highest BCUT2D eigenvalue weighted by atomic mass is 16.2. The minimum absolute atomic E-state index is 0.0209. The molecule has 0 spiro atoms. The average molecular weight is 195 g/mol. The summed E-state index contributed by atoms with van der Waals surface area (Å²) in [5.41, 5.74) is 0. The van der Waals surface area contributed by atoms with Crippen LogP contribution in [-0.2, 0) is 4.79 Å². The van der Waals surface area contributed by atoms with Gasteiger partial charge >= 0.3 is 0 Å². The van der Waals surface area contributed by atoms with Crippen molar-refractivity contribution in [2.45, 2.75) is 31.7 Å². The second-order valence-electron chi connectivity index (χ2n) is 3.67. The van der Waals surface area contributed by atoms with Gasteiger partial charge in [0, 0.05) is 13.6 Å². The number of amides is 1. The monoisotopic (exact) mass is 195 g/mol. The van der Waals surface area contributed by atoms with Gasteiger partial charge in [0.15, 0.2) is 0 Å². The summed E-state index contributed by atoms with van der Waals surface area (Å²) < 4.78 is 0. The molecule has 0 bridgehead atoms. The van der Waals surface area contributed by atoms with Crippen LogP contribution in [0.15, 0.2) is 0 Å². The summed E-state index contributed by atoms with van der Waals surface area (Å²) in [6, 6.07) is 2.02. The lowest BCUT2D eigenvalue weighted by Gasteiger charge is -2.26. The highest BCUT2D eigenvalue weighted by Gasteiger charge is 2.22. The lowest BCUT2D eigenvalue weighted by atomic mass is 10.0. The van der Waals surface area contributed by atoms with Crippen LogP contribution in [0.3, 0.4) is 0 Å². The van der Waals surface area contributed by atoms with Gasteiger partial charge in [0.05, 0.1) is 18.5 Å². The van der Waals surface area contributed by atoms with Gasteiger partial charge in [0.2, 0.25) is 5.91 Å². The number of carbonyl (C=O) groups excluding carboxylic acids is 1.